The van der Waals surface area contributed by atoms with Gasteiger partial charge in [0.1, 0.15) is 23.1 Å². The molecule has 6 nitrogen and oxygen atoms in total. The number of rotatable bonds is 4. The number of alkyl halides is 3. The third-order valence-corrected chi connectivity index (χ3v) is 4.95. The number of methoxy groups -OCH3 is 1. The van der Waals surface area contributed by atoms with Crippen LogP contribution in [0.5, 0.6) is 5.75 Å². The number of carbonyl (C=O) groups is 1. The van der Waals surface area contributed by atoms with Gasteiger partial charge in [0.2, 0.25) is 0 Å². The molecule has 1 aromatic carbocycles. The SMILES string of the molecule is COc1ccc(C(=O)NC2CCN(c3cc(C(F)(F)F)nc(C)n3)CC2)c(C)c1. The number of aromatic nitrogens is 2. The van der Waals surface area contributed by atoms with Crippen molar-refractivity contribution in [3.63, 3.8) is 0 Å². The van der Waals surface area contributed by atoms with Gasteiger partial charge in [0.25, 0.3) is 5.91 Å². The molecular weight excluding hydrogens is 385 g/mol. The summed E-state index contributed by atoms with van der Waals surface area (Å²) in [5, 5.41) is 3.01. The maximum atomic E-state index is 13.0. The molecule has 0 radical (unpaired) electrons. The number of halogens is 3. The average molecular weight is 408 g/mol. The molecule has 0 aliphatic carbocycles. The summed E-state index contributed by atoms with van der Waals surface area (Å²) in [7, 11) is 1.57. The van der Waals surface area contributed by atoms with Gasteiger partial charge in [-0.1, -0.05) is 0 Å². The molecule has 1 N–H and O–H groups in total. The quantitative estimate of drug-likeness (QED) is 0.839. The number of benzene rings is 1. The van der Waals surface area contributed by atoms with Crippen molar-refractivity contribution in [2.24, 2.45) is 0 Å². The number of ether oxygens (including phenoxy) is 1. The highest BCUT2D eigenvalue weighted by molar-refractivity contribution is 5.96. The van der Waals surface area contributed by atoms with Crippen molar-refractivity contribution in [3.05, 3.63) is 46.9 Å². The zero-order valence-electron chi connectivity index (χ0n) is 16.5. The number of nitrogens with one attached hydrogen (secondary N) is 1. The summed E-state index contributed by atoms with van der Waals surface area (Å²) in [6.45, 7) is 4.29. The lowest BCUT2D eigenvalue weighted by Gasteiger charge is -2.33. The molecule has 0 spiro atoms. The largest absolute Gasteiger partial charge is 0.497 e. The van der Waals surface area contributed by atoms with Gasteiger partial charge in [-0.05, 0) is 50.5 Å². The fourth-order valence-corrected chi connectivity index (χ4v) is 3.39. The molecule has 1 saturated heterocycles. The summed E-state index contributed by atoms with van der Waals surface area (Å²) >= 11 is 0. The van der Waals surface area contributed by atoms with Crippen LogP contribution in [0.2, 0.25) is 0 Å². The first-order valence-corrected chi connectivity index (χ1v) is 9.30. The fraction of sp³-hybridized carbons (Fsp3) is 0.450. The van der Waals surface area contributed by atoms with Crippen LogP contribution in [-0.2, 0) is 6.18 Å². The number of hydrogen-bond acceptors (Lipinski definition) is 5. The van der Waals surface area contributed by atoms with Gasteiger partial charge in [0.15, 0.2) is 0 Å². The number of carbonyl (C=O) groups excluding carboxylic acids is 1. The van der Waals surface area contributed by atoms with Crippen molar-refractivity contribution in [2.75, 3.05) is 25.1 Å². The number of piperidine rings is 1. The molecular formula is C20H23F3N4O2. The van der Waals surface area contributed by atoms with Gasteiger partial charge in [-0.2, -0.15) is 13.2 Å². The van der Waals surface area contributed by atoms with Crippen molar-refractivity contribution < 1.29 is 22.7 Å². The Hall–Kier alpha value is -2.84. The summed E-state index contributed by atoms with van der Waals surface area (Å²) in [6.07, 6.45) is -3.28. The van der Waals surface area contributed by atoms with E-state index >= 15 is 0 Å². The van der Waals surface area contributed by atoms with E-state index in [0.717, 1.165) is 11.6 Å². The molecule has 1 aromatic heterocycles. The highest BCUT2D eigenvalue weighted by Crippen LogP contribution is 2.30. The van der Waals surface area contributed by atoms with Gasteiger partial charge >= 0.3 is 6.18 Å². The summed E-state index contributed by atoms with van der Waals surface area (Å²) in [5.41, 5.74) is 0.454. The third kappa shape index (κ3) is 4.96. The first-order valence-electron chi connectivity index (χ1n) is 9.30. The molecule has 1 fully saturated rings. The molecule has 0 saturated carbocycles. The van der Waals surface area contributed by atoms with E-state index in [1.165, 1.54) is 6.92 Å². The Balaban J connectivity index is 1.62. The minimum Gasteiger partial charge on any atom is -0.497 e. The molecule has 29 heavy (non-hydrogen) atoms. The zero-order chi connectivity index (χ0) is 21.2. The minimum atomic E-state index is -4.51. The Labute approximate surface area is 167 Å². The number of amides is 1. The lowest BCUT2D eigenvalue weighted by molar-refractivity contribution is -0.141. The van der Waals surface area contributed by atoms with E-state index in [-0.39, 0.29) is 23.6 Å². The van der Waals surface area contributed by atoms with Crippen LogP contribution < -0.4 is 15.0 Å². The Morgan fingerprint density at radius 1 is 1.17 bits per heavy atom. The average Bonchev–Trinajstić information content (AvgIpc) is 2.67. The van der Waals surface area contributed by atoms with E-state index in [1.807, 2.05) is 6.92 Å². The number of anilines is 1. The van der Waals surface area contributed by atoms with Gasteiger partial charge in [-0.3, -0.25) is 4.79 Å². The Bertz CT molecular complexity index is 894. The van der Waals surface area contributed by atoms with Crippen LogP contribution in [-0.4, -0.2) is 42.1 Å². The van der Waals surface area contributed by atoms with Crippen LogP contribution >= 0.6 is 0 Å². The van der Waals surface area contributed by atoms with Crippen LogP contribution in [0.25, 0.3) is 0 Å². The van der Waals surface area contributed by atoms with E-state index in [4.69, 9.17) is 4.74 Å². The number of hydrogen-bond donors (Lipinski definition) is 1. The van der Waals surface area contributed by atoms with Crippen LogP contribution in [0.1, 0.15) is 40.3 Å². The maximum Gasteiger partial charge on any atom is 0.433 e. The molecule has 0 unspecified atom stereocenters. The first kappa shape index (κ1) is 20.9. The monoisotopic (exact) mass is 408 g/mol. The predicted molar refractivity (Wildman–Crippen MR) is 102 cm³/mol. The maximum absolute atomic E-state index is 13.0. The first-order chi connectivity index (χ1) is 13.7. The van der Waals surface area contributed by atoms with Gasteiger partial charge in [0.05, 0.1) is 7.11 Å². The van der Waals surface area contributed by atoms with E-state index in [1.54, 1.807) is 30.2 Å². The van der Waals surface area contributed by atoms with Gasteiger partial charge in [0, 0.05) is 30.8 Å². The summed E-state index contributed by atoms with van der Waals surface area (Å²) in [4.78, 5) is 22.0. The van der Waals surface area contributed by atoms with Gasteiger partial charge in [-0.25, -0.2) is 9.97 Å². The van der Waals surface area contributed by atoms with E-state index in [0.29, 0.717) is 37.2 Å². The van der Waals surface area contributed by atoms with Crippen molar-refractivity contribution in [1.29, 1.82) is 0 Å². The lowest BCUT2D eigenvalue weighted by Crippen LogP contribution is -2.45. The van der Waals surface area contributed by atoms with E-state index in [9.17, 15) is 18.0 Å². The standard InChI is InChI=1S/C20H23F3N4O2/c1-12-10-15(29-3)4-5-16(12)19(28)26-14-6-8-27(9-7-14)18-11-17(20(21,22)23)24-13(2)25-18/h4-5,10-11,14H,6-9H2,1-3H3,(H,26,28). The van der Waals surface area contributed by atoms with Crippen molar-refractivity contribution in [3.8, 4) is 5.75 Å². The zero-order valence-corrected chi connectivity index (χ0v) is 16.5. The van der Waals surface area contributed by atoms with Crippen LogP contribution in [0.4, 0.5) is 19.0 Å². The summed E-state index contributed by atoms with van der Waals surface area (Å²) in [5.74, 6) is 0.868. The molecule has 0 atom stereocenters. The summed E-state index contributed by atoms with van der Waals surface area (Å²) in [6, 6.07) is 6.19. The molecule has 0 bridgehead atoms. The smallest absolute Gasteiger partial charge is 0.433 e. The van der Waals surface area contributed by atoms with E-state index < -0.39 is 11.9 Å². The van der Waals surface area contributed by atoms with Crippen molar-refractivity contribution in [1.82, 2.24) is 15.3 Å². The predicted octanol–water partition coefficient (Wildman–Crippen LogP) is 3.52. The lowest BCUT2D eigenvalue weighted by atomic mass is 10.0. The molecule has 2 aromatic rings. The van der Waals surface area contributed by atoms with Crippen LogP contribution in [0.3, 0.4) is 0 Å². The molecule has 3 rings (SSSR count). The Morgan fingerprint density at radius 2 is 1.86 bits per heavy atom. The van der Waals surface area contributed by atoms with Gasteiger partial charge in [-0.15, -0.1) is 0 Å². The molecule has 1 aliphatic heterocycles. The molecule has 156 valence electrons. The molecule has 1 aliphatic rings. The Kier molecular flexibility index (Phi) is 5.95. The van der Waals surface area contributed by atoms with Gasteiger partial charge < -0.3 is 15.0 Å². The highest BCUT2D eigenvalue weighted by Gasteiger charge is 2.34. The topological polar surface area (TPSA) is 67.3 Å². The third-order valence-electron chi connectivity index (χ3n) is 4.95. The fourth-order valence-electron chi connectivity index (χ4n) is 3.39. The molecule has 2 heterocycles. The Morgan fingerprint density at radius 3 is 2.45 bits per heavy atom. The van der Waals surface area contributed by atoms with Crippen LogP contribution in [0.15, 0.2) is 24.3 Å². The van der Waals surface area contributed by atoms with Crippen LogP contribution in [0, 0.1) is 13.8 Å². The minimum absolute atomic E-state index is 0.0507. The second kappa shape index (κ2) is 8.26. The molecule has 9 heteroatoms. The number of aryl methyl sites for hydroxylation is 2. The van der Waals surface area contributed by atoms with E-state index in [2.05, 4.69) is 15.3 Å². The van der Waals surface area contributed by atoms with Crippen molar-refractivity contribution in [2.45, 2.75) is 38.9 Å². The second-order valence-corrected chi connectivity index (χ2v) is 7.07. The number of nitrogens with zero attached hydrogens (tertiary/aromatic N) is 3. The second-order valence-electron chi connectivity index (χ2n) is 7.07. The molecule has 1 amide bonds. The highest BCUT2D eigenvalue weighted by atomic mass is 19.4. The normalized spacial score (nSPS) is 15.3. The van der Waals surface area contributed by atoms with Crippen molar-refractivity contribution >= 4 is 11.7 Å². The summed E-state index contributed by atoms with van der Waals surface area (Å²) < 4.78 is 44.1.